The Morgan fingerprint density at radius 2 is 0.387 bits per heavy atom. The van der Waals surface area contributed by atoms with Gasteiger partial charge in [0, 0.05) is 77.8 Å². The molecule has 37 nitrogen and oxygen atoms in total. The van der Waals surface area contributed by atoms with Gasteiger partial charge in [-0.3, -0.25) is 4.90 Å². The van der Waals surface area contributed by atoms with Gasteiger partial charge in [0.05, 0.1) is 0 Å². The number of phenolic OH excluding ortho intramolecular Hbond substituents is 6. The Bertz CT molecular complexity index is 3760. The van der Waals surface area contributed by atoms with Gasteiger partial charge in [-0.25, -0.2) is 28.8 Å². The maximum atomic E-state index is 12.8. The lowest BCUT2D eigenvalue weighted by Crippen LogP contribution is -2.37. The van der Waals surface area contributed by atoms with Crippen molar-refractivity contribution in [2.24, 2.45) is 0 Å². The molecule has 0 aliphatic rings. The normalized spacial score (nSPS) is 12.8. The minimum absolute atomic E-state index is 0.0408. The van der Waals surface area contributed by atoms with Crippen molar-refractivity contribution < 1.29 is 90.0 Å². The summed E-state index contributed by atoms with van der Waals surface area (Å²) in [5, 5.41) is 148. The molecular weight excluding hydrogens is 1380 g/mol. The van der Waals surface area contributed by atoms with Gasteiger partial charge in [0.25, 0.3) is 0 Å². The lowest BCUT2D eigenvalue weighted by Gasteiger charge is -2.24. The lowest BCUT2D eigenvalue weighted by atomic mass is 10.1. The van der Waals surface area contributed by atoms with Gasteiger partial charge < -0.3 is 109 Å². The summed E-state index contributed by atoms with van der Waals surface area (Å²) in [5.74, 6) is -10.7. The monoisotopic (exact) mass is 1460 g/mol. The number of carboxylic acid groups (broad SMARTS) is 6. The van der Waals surface area contributed by atoms with E-state index in [4.69, 9.17) is 0 Å². The van der Waals surface area contributed by atoms with Gasteiger partial charge in [0.1, 0.15) is 70.7 Å². The van der Waals surface area contributed by atoms with Gasteiger partial charge in [-0.2, -0.15) is 44.9 Å². The van der Waals surface area contributed by atoms with E-state index in [0.29, 0.717) is 33.4 Å². The summed E-state index contributed by atoms with van der Waals surface area (Å²) in [5.41, 5.74) is 3.04. The van der Waals surface area contributed by atoms with E-state index in [-0.39, 0.29) is 166 Å². The molecule has 0 bridgehead atoms. The second-order valence-electron chi connectivity index (χ2n) is 24.0. The molecule has 3 heterocycles. The van der Waals surface area contributed by atoms with E-state index in [0.717, 1.165) is 0 Å². The molecule has 9 rings (SSSR count). The average molecular weight is 1460 g/mol. The van der Waals surface area contributed by atoms with Crippen molar-refractivity contribution in [3.05, 3.63) is 179 Å². The molecule has 0 unspecified atom stereocenters. The first kappa shape index (κ1) is 76.3. The minimum Gasteiger partial charge on any atom is -0.508 e. The number of anilines is 9. The fraction of sp³-hybridized carbons (Fsp3) is 0.261. The molecule has 0 saturated heterocycles. The molecule has 37 heteroatoms. The molecular formula is C69H75N19O18. The first-order valence-corrected chi connectivity index (χ1v) is 32.7. The van der Waals surface area contributed by atoms with E-state index < -0.39 is 72.1 Å². The maximum absolute atomic E-state index is 12.8. The van der Waals surface area contributed by atoms with Crippen LogP contribution in [0.1, 0.15) is 33.4 Å². The summed E-state index contributed by atoms with van der Waals surface area (Å²) >= 11 is 0. The van der Waals surface area contributed by atoms with Crippen molar-refractivity contribution in [3.8, 4) is 34.5 Å². The number of hydrogen-bond donors (Lipinski definition) is 21. The second-order valence-corrected chi connectivity index (χ2v) is 24.0. The lowest BCUT2D eigenvalue weighted by molar-refractivity contribution is -0.138. The number of aromatic nitrogens is 9. The first-order valence-electron chi connectivity index (χ1n) is 32.7. The van der Waals surface area contributed by atoms with E-state index in [1.54, 1.807) is 0 Å². The largest absolute Gasteiger partial charge is 0.508 e. The van der Waals surface area contributed by atoms with Gasteiger partial charge in [0.15, 0.2) is 0 Å². The third-order valence-electron chi connectivity index (χ3n) is 15.9. The Balaban J connectivity index is 1.02. The summed E-state index contributed by atoms with van der Waals surface area (Å²) in [7, 11) is 0. The summed E-state index contributed by atoms with van der Waals surface area (Å²) in [4.78, 5) is 118. The van der Waals surface area contributed by atoms with Crippen molar-refractivity contribution in [1.29, 1.82) is 0 Å². The predicted octanol–water partition coefficient (Wildman–Crippen LogP) is 4.06. The molecule has 106 heavy (non-hydrogen) atoms. The SMILES string of the molecule is O=C(O)[C@H](Cc1ccc(O)cc1)Nc1nc(NCCN(CCNc2nc(N[C@@H](Cc3ccc(O)cc3)C(=O)O)nc(N[C@@H](Cc3ccc(O)cc3)C(=O)O)n2)CCNc2nc(N[C@@H](Cc3ccc(O)cc3)C(=O)O)nc(N[C@@H](Cc3ccc(O)cc3)C(=O)O)n2)nc(N[C@@H](Cc2ccc(O)cc2)C(=O)O)n1. The van der Waals surface area contributed by atoms with Crippen LogP contribution in [0.4, 0.5) is 53.5 Å². The van der Waals surface area contributed by atoms with Crippen LogP contribution in [0.15, 0.2) is 146 Å². The van der Waals surface area contributed by atoms with Gasteiger partial charge in [0.2, 0.25) is 53.5 Å². The summed E-state index contributed by atoms with van der Waals surface area (Å²) in [6.07, 6.45) is -0.808. The van der Waals surface area contributed by atoms with Crippen LogP contribution in [-0.4, -0.2) is 222 Å². The molecule has 6 aromatic carbocycles. The molecule has 0 spiro atoms. The molecule has 0 amide bonds. The topological polar surface area (TPSA) is 573 Å². The number of aliphatic carboxylic acids is 6. The Morgan fingerprint density at radius 1 is 0.245 bits per heavy atom. The number of nitrogens with zero attached hydrogens (tertiary/aromatic N) is 10. The first-order chi connectivity index (χ1) is 50.8. The summed E-state index contributed by atoms with van der Waals surface area (Å²) in [6.45, 7) is 0.0728. The number of benzene rings is 6. The quantitative estimate of drug-likeness (QED) is 0.0256. The van der Waals surface area contributed by atoms with Crippen LogP contribution < -0.4 is 47.9 Å². The molecule has 21 N–H and O–H groups in total. The fourth-order valence-electron chi connectivity index (χ4n) is 10.4. The highest BCUT2D eigenvalue weighted by Crippen LogP contribution is 2.23. The zero-order valence-electron chi connectivity index (χ0n) is 56.1. The van der Waals surface area contributed by atoms with Gasteiger partial charge >= 0.3 is 35.8 Å². The number of carboxylic acids is 6. The molecule has 0 aliphatic heterocycles. The Kier molecular flexibility index (Phi) is 26.4. The van der Waals surface area contributed by atoms with Crippen LogP contribution in [0.3, 0.4) is 0 Å². The average Bonchev–Trinajstić information content (AvgIpc) is 0.844. The molecule has 0 saturated carbocycles. The van der Waals surface area contributed by atoms with Crippen LogP contribution in [0.2, 0.25) is 0 Å². The summed E-state index contributed by atoms with van der Waals surface area (Å²) in [6, 6.07) is 26.5. The highest BCUT2D eigenvalue weighted by atomic mass is 16.4. The van der Waals surface area contributed by atoms with Crippen molar-refractivity contribution in [1.82, 2.24) is 49.8 Å². The molecule has 3 aromatic heterocycles. The Hall–Kier alpha value is -13.9. The fourth-order valence-corrected chi connectivity index (χ4v) is 10.4. The molecule has 0 fully saturated rings. The van der Waals surface area contributed by atoms with Crippen LogP contribution in [0.5, 0.6) is 34.5 Å². The van der Waals surface area contributed by atoms with E-state index in [9.17, 15) is 90.0 Å². The molecule has 9 aromatic rings. The second kappa shape index (κ2) is 36.6. The molecule has 6 atom stereocenters. The van der Waals surface area contributed by atoms with E-state index in [2.05, 4.69) is 92.7 Å². The highest BCUT2D eigenvalue weighted by Gasteiger charge is 2.28. The third-order valence-corrected chi connectivity index (χ3v) is 15.9. The smallest absolute Gasteiger partial charge is 0.326 e. The Labute approximate surface area is 602 Å². The zero-order valence-corrected chi connectivity index (χ0v) is 56.1. The van der Waals surface area contributed by atoms with Crippen molar-refractivity contribution in [2.75, 3.05) is 87.1 Å². The number of nitrogens with one attached hydrogen (secondary N) is 9. The zero-order chi connectivity index (χ0) is 75.8. The molecule has 0 radical (unpaired) electrons. The third kappa shape index (κ3) is 24.2. The predicted molar refractivity (Wildman–Crippen MR) is 383 cm³/mol. The van der Waals surface area contributed by atoms with E-state index in [1.165, 1.54) is 146 Å². The highest BCUT2D eigenvalue weighted by molar-refractivity contribution is 5.81. The van der Waals surface area contributed by atoms with Gasteiger partial charge in [-0.1, -0.05) is 72.8 Å². The van der Waals surface area contributed by atoms with Gasteiger partial charge in [-0.05, 0) is 106 Å². The number of rotatable bonds is 42. The number of aromatic hydroxyl groups is 6. The van der Waals surface area contributed by atoms with E-state index in [1.807, 2.05) is 4.90 Å². The van der Waals surface area contributed by atoms with Crippen molar-refractivity contribution >= 4 is 89.4 Å². The standard InChI is InChI=1S/C69H75N19O18/c89-43-13-1-37(2-14-43)31-49(55(95)96)73-64-79-61(80-65(85-64)74-50(56(97)98)32-38-3-15-44(90)16-4-38)70-25-28-88(29-26-71-62-81-66(75-51(57(99)100)33-39-5-17-45(91)18-6-39)86-67(82-62)76-52(58(101)102)34-40-7-19-46(92)20-8-40)30-27-72-63-83-68(77-53(59(103)104)35-41-9-21-47(93)22-10-41)87-69(84-63)78-54(60(105)106)36-42-11-23-48(94)24-12-42/h1-24,49-54,89-94H,25-36H2,(H,95,96)(H,97,98)(H,99,100)(H,101,102)(H,103,104)(H,105,106)(H3,70,73,74,79,80,85)(H3,71,75,76,81,82,86)(H3,72,77,78,83,84,87)/t49-,50-,51-,52-,53-,54-/m0/s1. The number of carbonyl (C=O) groups is 6. The van der Waals surface area contributed by atoms with Crippen LogP contribution in [0, 0.1) is 0 Å². The summed E-state index contributed by atoms with van der Waals surface area (Å²) < 4.78 is 0. The van der Waals surface area contributed by atoms with Crippen molar-refractivity contribution in [3.63, 3.8) is 0 Å². The van der Waals surface area contributed by atoms with Gasteiger partial charge in [-0.15, -0.1) is 0 Å². The van der Waals surface area contributed by atoms with Crippen LogP contribution >= 0.6 is 0 Å². The van der Waals surface area contributed by atoms with Crippen molar-refractivity contribution in [2.45, 2.75) is 74.8 Å². The number of phenols is 6. The maximum Gasteiger partial charge on any atom is 0.326 e. The van der Waals surface area contributed by atoms with Crippen LogP contribution in [-0.2, 0) is 67.3 Å². The number of hydrogen-bond acceptors (Lipinski definition) is 31. The van der Waals surface area contributed by atoms with Crippen LogP contribution in [0.25, 0.3) is 0 Å². The molecule has 554 valence electrons. The minimum atomic E-state index is -1.39. The Morgan fingerprint density at radius 3 is 0.528 bits per heavy atom. The van der Waals surface area contributed by atoms with E-state index >= 15 is 0 Å². The molecule has 0 aliphatic carbocycles.